The van der Waals surface area contributed by atoms with Crippen LogP contribution in [0.25, 0.3) is 6.08 Å². The number of carbonyl (C=O) groups excluding carboxylic acids is 6. The highest BCUT2D eigenvalue weighted by atomic mass is 16.6. The average Bonchev–Trinajstić information content (AvgIpc) is 2.79. The molecule has 0 aromatic heterocycles. The van der Waals surface area contributed by atoms with E-state index in [1.54, 1.807) is 0 Å². The van der Waals surface area contributed by atoms with Gasteiger partial charge in [0.25, 0.3) is 0 Å². The predicted molar refractivity (Wildman–Crippen MR) is 130 cm³/mol. The molecule has 2 rings (SSSR count). The van der Waals surface area contributed by atoms with Crippen LogP contribution in [-0.2, 0) is 52.5 Å². The van der Waals surface area contributed by atoms with Crippen LogP contribution in [0.2, 0.25) is 0 Å². The van der Waals surface area contributed by atoms with Gasteiger partial charge in [0.15, 0.2) is 17.6 Å². The molecule has 1 fully saturated rings. The second-order valence-corrected chi connectivity index (χ2v) is 8.73. The third-order valence-electron chi connectivity index (χ3n) is 5.30. The van der Waals surface area contributed by atoms with Crippen LogP contribution in [0, 0.1) is 0 Å². The first kappa shape index (κ1) is 31.5. The van der Waals surface area contributed by atoms with Gasteiger partial charge in [-0.05, 0) is 23.8 Å². The molecule has 216 valence electrons. The Morgan fingerprint density at radius 1 is 0.750 bits per heavy atom. The Bertz CT molecular complexity index is 1230. The minimum atomic E-state index is -2.26. The lowest BCUT2D eigenvalue weighted by molar-refractivity contribution is -0.220. The Morgan fingerprint density at radius 3 is 1.80 bits per heavy atom. The van der Waals surface area contributed by atoms with Crippen LogP contribution >= 0.6 is 0 Å². The topological polar surface area (TPSA) is 195 Å². The van der Waals surface area contributed by atoms with Crippen LogP contribution in [0.5, 0.6) is 11.5 Å². The zero-order chi connectivity index (χ0) is 30.2. The lowest BCUT2D eigenvalue weighted by atomic mass is 9.79. The van der Waals surface area contributed by atoms with Gasteiger partial charge in [-0.1, -0.05) is 6.07 Å². The summed E-state index contributed by atoms with van der Waals surface area (Å²) in [6.45, 7) is 5.35. The van der Waals surface area contributed by atoms with Gasteiger partial charge in [-0.2, -0.15) is 0 Å². The summed E-state index contributed by atoms with van der Waals surface area (Å²) < 4.78 is 30.9. The third-order valence-corrected chi connectivity index (χ3v) is 5.30. The smallest absolute Gasteiger partial charge is 0.348 e. The van der Waals surface area contributed by atoms with Gasteiger partial charge in [0.1, 0.15) is 12.2 Å². The van der Waals surface area contributed by atoms with E-state index in [0.29, 0.717) is 5.56 Å². The van der Waals surface area contributed by atoms with Gasteiger partial charge >= 0.3 is 41.8 Å². The Balaban J connectivity index is 2.39. The van der Waals surface area contributed by atoms with Crippen LogP contribution in [0.15, 0.2) is 24.3 Å². The predicted octanol–water partition coefficient (Wildman–Crippen LogP) is 1.51. The molecule has 0 spiro atoms. The monoisotopic (exact) mass is 564 g/mol. The lowest BCUT2D eigenvalue weighted by Crippen LogP contribution is -2.60. The molecule has 40 heavy (non-hydrogen) atoms. The molecule has 1 N–H and O–H groups in total. The molecule has 0 heterocycles. The molecule has 0 aliphatic heterocycles. The fourth-order valence-electron chi connectivity index (χ4n) is 4.01. The number of rotatable bonds is 9. The second-order valence-electron chi connectivity index (χ2n) is 8.73. The number of benzene rings is 1. The molecule has 0 saturated heterocycles. The summed E-state index contributed by atoms with van der Waals surface area (Å²) in [4.78, 5) is 82.9. The van der Waals surface area contributed by atoms with E-state index in [1.807, 2.05) is 0 Å². The van der Waals surface area contributed by atoms with E-state index >= 15 is 0 Å². The van der Waals surface area contributed by atoms with Crippen molar-refractivity contribution in [2.24, 2.45) is 0 Å². The van der Waals surface area contributed by atoms with Gasteiger partial charge in [0.2, 0.25) is 5.60 Å². The average molecular weight is 564 g/mol. The molecule has 14 heteroatoms. The summed E-state index contributed by atoms with van der Waals surface area (Å²) in [5.41, 5.74) is -1.95. The normalized spacial score (nSPS) is 22.0. The lowest BCUT2D eigenvalue weighted by Gasteiger charge is -2.43. The van der Waals surface area contributed by atoms with Crippen molar-refractivity contribution in [1.82, 2.24) is 0 Å². The molecule has 4 atom stereocenters. The number of carboxylic acids is 1. The summed E-state index contributed by atoms with van der Waals surface area (Å²) in [5, 5.41) is 9.88. The van der Waals surface area contributed by atoms with Crippen molar-refractivity contribution in [2.45, 2.75) is 71.4 Å². The molecule has 1 aromatic rings. The van der Waals surface area contributed by atoms with Gasteiger partial charge < -0.3 is 33.5 Å². The number of carbonyl (C=O) groups is 7. The van der Waals surface area contributed by atoms with Gasteiger partial charge in [-0.25, -0.2) is 9.59 Å². The highest BCUT2D eigenvalue weighted by molar-refractivity contribution is 5.88. The molecule has 0 radical (unpaired) electrons. The maximum Gasteiger partial charge on any atom is 0.348 e. The van der Waals surface area contributed by atoms with E-state index in [9.17, 15) is 38.7 Å². The third kappa shape index (κ3) is 8.92. The highest BCUT2D eigenvalue weighted by Crippen LogP contribution is 2.38. The Morgan fingerprint density at radius 2 is 1.30 bits per heavy atom. The van der Waals surface area contributed by atoms with Gasteiger partial charge in [0, 0.05) is 53.5 Å². The number of carboxylic acid groups (broad SMARTS) is 1. The fraction of sp³-hybridized carbons (Fsp3) is 0.423. The maximum atomic E-state index is 12.8. The van der Waals surface area contributed by atoms with Crippen molar-refractivity contribution in [3.05, 3.63) is 29.8 Å². The Kier molecular flexibility index (Phi) is 10.5. The molecule has 0 amide bonds. The molecule has 0 bridgehead atoms. The quantitative estimate of drug-likeness (QED) is 0.196. The summed E-state index contributed by atoms with van der Waals surface area (Å²) in [6.07, 6.45) is -3.38. The molecule has 14 nitrogen and oxygen atoms in total. The Hall–Kier alpha value is -4.75. The molecule has 1 aliphatic carbocycles. The standard InChI is InChI=1S/C26H28O14/c1-13(27)35-19-8-6-18(10-20(19)36-14(2)28)7-9-23(32)39-22-12-26(25(33)34,40-17(5)31)11-21(37-15(3)29)24(22)38-16(4)30/h6-10,21-22,24H,11-12H2,1-5H3,(H,33,34)/b9-7-/t21-,22-,24-,26+/m0/s1. The Labute approximate surface area is 228 Å². The van der Waals surface area contributed by atoms with Crippen molar-refractivity contribution < 1.29 is 67.1 Å². The summed E-state index contributed by atoms with van der Waals surface area (Å²) >= 11 is 0. The first-order valence-corrected chi connectivity index (χ1v) is 11.8. The summed E-state index contributed by atoms with van der Waals surface area (Å²) in [7, 11) is 0. The molecule has 1 aromatic carbocycles. The van der Waals surface area contributed by atoms with Crippen LogP contribution < -0.4 is 9.47 Å². The zero-order valence-electron chi connectivity index (χ0n) is 22.3. The van der Waals surface area contributed by atoms with E-state index < -0.39 is 78.5 Å². The van der Waals surface area contributed by atoms with Crippen LogP contribution in [0.1, 0.15) is 53.0 Å². The van der Waals surface area contributed by atoms with Crippen LogP contribution in [0.4, 0.5) is 0 Å². The first-order valence-electron chi connectivity index (χ1n) is 11.8. The van der Waals surface area contributed by atoms with Gasteiger partial charge in [0.05, 0.1) is 0 Å². The molecule has 1 saturated carbocycles. The zero-order valence-corrected chi connectivity index (χ0v) is 22.3. The summed E-state index contributed by atoms with van der Waals surface area (Å²) in [6, 6.07) is 4.06. The molecule has 0 unspecified atom stereocenters. The minimum absolute atomic E-state index is 0.0409. The van der Waals surface area contributed by atoms with Crippen molar-refractivity contribution in [2.75, 3.05) is 0 Å². The molecule has 1 aliphatic rings. The van der Waals surface area contributed by atoms with Crippen LogP contribution in [-0.4, -0.2) is 70.8 Å². The first-order chi connectivity index (χ1) is 18.6. The van der Waals surface area contributed by atoms with Crippen LogP contribution in [0.3, 0.4) is 0 Å². The van der Waals surface area contributed by atoms with E-state index in [4.69, 9.17) is 28.4 Å². The van der Waals surface area contributed by atoms with Gasteiger partial charge in [-0.15, -0.1) is 0 Å². The molecular formula is C26H28O14. The van der Waals surface area contributed by atoms with Crippen molar-refractivity contribution in [3.8, 4) is 11.5 Å². The fourth-order valence-corrected chi connectivity index (χ4v) is 4.01. The van der Waals surface area contributed by atoms with E-state index in [2.05, 4.69) is 0 Å². The van der Waals surface area contributed by atoms with Crippen molar-refractivity contribution in [1.29, 1.82) is 0 Å². The second kappa shape index (κ2) is 13.4. The SMILES string of the molecule is CC(=O)Oc1ccc(/C=C\C(=O)O[C@H]2C[C@@](OC(C)=O)(C(=O)O)C[C@H](OC(C)=O)[C@@H]2OC(C)=O)cc1OC(C)=O. The maximum absolute atomic E-state index is 12.8. The summed E-state index contributed by atoms with van der Waals surface area (Å²) in [5.74, 6) is -6.77. The highest BCUT2D eigenvalue weighted by Gasteiger charge is 2.57. The number of hydrogen-bond donors (Lipinski definition) is 1. The van der Waals surface area contributed by atoms with Gasteiger partial charge in [-0.3, -0.25) is 24.0 Å². The van der Waals surface area contributed by atoms with Crippen molar-refractivity contribution >= 4 is 47.9 Å². The number of hydrogen-bond acceptors (Lipinski definition) is 13. The van der Waals surface area contributed by atoms with E-state index in [-0.39, 0.29) is 11.5 Å². The molecular weight excluding hydrogens is 536 g/mol. The largest absolute Gasteiger partial charge is 0.478 e. The minimum Gasteiger partial charge on any atom is -0.478 e. The number of aliphatic carboxylic acids is 1. The number of ether oxygens (including phenoxy) is 6. The van der Waals surface area contributed by atoms with E-state index in [1.165, 1.54) is 24.3 Å². The van der Waals surface area contributed by atoms with E-state index in [0.717, 1.165) is 40.7 Å². The number of esters is 6. The van der Waals surface area contributed by atoms with Crippen molar-refractivity contribution in [3.63, 3.8) is 0 Å².